The highest BCUT2D eigenvalue weighted by molar-refractivity contribution is 5.66. The molecular formula is C16H24N2O2. The van der Waals surface area contributed by atoms with Gasteiger partial charge in [0.2, 0.25) is 0 Å². The van der Waals surface area contributed by atoms with E-state index in [1.807, 2.05) is 6.07 Å². The molecule has 1 saturated heterocycles. The quantitative estimate of drug-likeness (QED) is 0.863. The molecule has 4 nitrogen and oxygen atoms in total. The lowest BCUT2D eigenvalue weighted by atomic mass is 10.1. The molecule has 1 aromatic rings. The van der Waals surface area contributed by atoms with E-state index >= 15 is 0 Å². The van der Waals surface area contributed by atoms with Gasteiger partial charge in [0.05, 0.1) is 0 Å². The lowest BCUT2D eigenvalue weighted by Gasteiger charge is -2.38. The molecule has 1 unspecified atom stereocenters. The first-order valence-corrected chi connectivity index (χ1v) is 7.37. The summed E-state index contributed by atoms with van der Waals surface area (Å²) in [5, 5.41) is 8.74. The van der Waals surface area contributed by atoms with E-state index < -0.39 is 5.97 Å². The fourth-order valence-electron chi connectivity index (χ4n) is 2.72. The number of carboxylic acid groups (broad SMARTS) is 1. The maximum Gasteiger partial charge on any atom is 0.303 e. The number of rotatable bonds is 6. The van der Waals surface area contributed by atoms with Gasteiger partial charge in [-0.05, 0) is 18.9 Å². The van der Waals surface area contributed by atoms with Gasteiger partial charge in [0.15, 0.2) is 0 Å². The van der Waals surface area contributed by atoms with Crippen LogP contribution in [0.3, 0.4) is 0 Å². The van der Waals surface area contributed by atoms with Crippen molar-refractivity contribution in [1.82, 2.24) is 9.80 Å². The third-order valence-corrected chi connectivity index (χ3v) is 4.06. The number of carbonyl (C=O) groups is 1. The summed E-state index contributed by atoms with van der Waals surface area (Å²) < 4.78 is 0. The number of hydrogen-bond donors (Lipinski definition) is 1. The molecule has 1 N–H and O–H groups in total. The summed E-state index contributed by atoms with van der Waals surface area (Å²) in [5.74, 6) is -0.695. The summed E-state index contributed by atoms with van der Waals surface area (Å²) in [5.41, 5.74) is 1.36. The van der Waals surface area contributed by atoms with Gasteiger partial charge in [-0.1, -0.05) is 30.3 Å². The van der Waals surface area contributed by atoms with Crippen LogP contribution < -0.4 is 0 Å². The largest absolute Gasteiger partial charge is 0.481 e. The molecule has 0 radical (unpaired) electrons. The first kappa shape index (κ1) is 15.0. The molecule has 2 rings (SSSR count). The second-order valence-electron chi connectivity index (χ2n) is 5.58. The molecule has 1 aliphatic heterocycles. The highest BCUT2D eigenvalue weighted by Gasteiger charge is 2.21. The number of nitrogens with zero attached hydrogens (tertiary/aromatic N) is 2. The lowest BCUT2D eigenvalue weighted by Crippen LogP contribution is -2.49. The van der Waals surface area contributed by atoms with Crippen molar-refractivity contribution in [3.63, 3.8) is 0 Å². The van der Waals surface area contributed by atoms with E-state index in [4.69, 9.17) is 5.11 Å². The topological polar surface area (TPSA) is 43.8 Å². The van der Waals surface area contributed by atoms with Crippen LogP contribution in [-0.4, -0.2) is 53.1 Å². The van der Waals surface area contributed by atoms with Crippen molar-refractivity contribution in [2.75, 3.05) is 26.2 Å². The van der Waals surface area contributed by atoms with Gasteiger partial charge in [0.1, 0.15) is 0 Å². The highest BCUT2D eigenvalue weighted by atomic mass is 16.4. The molecule has 0 aliphatic carbocycles. The van der Waals surface area contributed by atoms with Crippen molar-refractivity contribution in [3.05, 3.63) is 35.9 Å². The van der Waals surface area contributed by atoms with Crippen LogP contribution in [0.2, 0.25) is 0 Å². The second-order valence-corrected chi connectivity index (χ2v) is 5.58. The van der Waals surface area contributed by atoms with E-state index in [0.717, 1.165) is 39.1 Å². The summed E-state index contributed by atoms with van der Waals surface area (Å²) in [6.45, 7) is 7.34. The van der Waals surface area contributed by atoms with Crippen molar-refractivity contribution in [2.24, 2.45) is 0 Å². The summed E-state index contributed by atoms with van der Waals surface area (Å²) in [4.78, 5) is 15.5. The van der Waals surface area contributed by atoms with Crippen LogP contribution in [0, 0.1) is 0 Å². The van der Waals surface area contributed by atoms with Gasteiger partial charge in [-0.25, -0.2) is 0 Å². The van der Waals surface area contributed by atoms with Crippen LogP contribution in [0.1, 0.15) is 25.3 Å². The average Bonchev–Trinajstić information content (AvgIpc) is 2.46. The Hall–Kier alpha value is -1.39. The normalized spacial score (nSPS) is 18.9. The predicted molar refractivity (Wildman–Crippen MR) is 79.6 cm³/mol. The lowest BCUT2D eigenvalue weighted by molar-refractivity contribution is -0.137. The Balaban J connectivity index is 1.73. The molecule has 1 atom stereocenters. The Morgan fingerprint density at radius 1 is 1.20 bits per heavy atom. The minimum Gasteiger partial charge on any atom is -0.481 e. The molecule has 1 heterocycles. The number of carboxylic acids is 1. The molecule has 110 valence electrons. The van der Waals surface area contributed by atoms with Crippen LogP contribution in [-0.2, 0) is 11.3 Å². The molecule has 1 fully saturated rings. The fourth-order valence-corrected chi connectivity index (χ4v) is 2.72. The zero-order valence-electron chi connectivity index (χ0n) is 12.2. The Labute approximate surface area is 121 Å². The SMILES string of the molecule is CC(CCC(=O)O)N1CCN(Cc2ccccc2)CC1. The van der Waals surface area contributed by atoms with Gasteiger partial charge in [-0.3, -0.25) is 14.6 Å². The number of hydrogen-bond acceptors (Lipinski definition) is 3. The Kier molecular flexibility index (Phi) is 5.56. The van der Waals surface area contributed by atoms with Gasteiger partial charge in [0.25, 0.3) is 0 Å². The maximum atomic E-state index is 10.6. The van der Waals surface area contributed by atoms with Gasteiger partial charge in [-0.15, -0.1) is 0 Å². The number of benzene rings is 1. The minimum atomic E-state index is -0.695. The standard InChI is InChI=1S/C16H24N2O2/c1-14(7-8-16(19)20)18-11-9-17(10-12-18)13-15-5-3-2-4-6-15/h2-6,14H,7-13H2,1H3,(H,19,20). The molecule has 0 aromatic heterocycles. The monoisotopic (exact) mass is 276 g/mol. The smallest absolute Gasteiger partial charge is 0.303 e. The predicted octanol–water partition coefficient (Wildman–Crippen LogP) is 2.06. The van der Waals surface area contributed by atoms with Gasteiger partial charge in [-0.2, -0.15) is 0 Å². The van der Waals surface area contributed by atoms with Crippen LogP contribution >= 0.6 is 0 Å². The number of piperazine rings is 1. The fraction of sp³-hybridized carbons (Fsp3) is 0.562. The second kappa shape index (κ2) is 7.41. The van der Waals surface area contributed by atoms with Crippen molar-refractivity contribution in [2.45, 2.75) is 32.4 Å². The molecule has 20 heavy (non-hydrogen) atoms. The summed E-state index contributed by atoms with van der Waals surface area (Å²) in [7, 11) is 0. The zero-order chi connectivity index (χ0) is 14.4. The van der Waals surface area contributed by atoms with Crippen molar-refractivity contribution >= 4 is 5.97 Å². The summed E-state index contributed by atoms with van der Waals surface area (Å²) in [6, 6.07) is 10.9. The van der Waals surface area contributed by atoms with E-state index in [1.165, 1.54) is 5.56 Å². The minimum absolute atomic E-state index is 0.269. The molecule has 0 saturated carbocycles. The third-order valence-electron chi connectivity index (χ3n) is 4.06. The van der Waals surface area contributed by atoms with Crippen LogP contribution in [0.15, 0.2) is 30.3 Å². The highest BCUT2D eigenvalue weighted by Crippen LogP contribution is 2.13. The molecule has 0 spiro atoms. The first-order chi connectivity index (χ1) is 9.65. The Bertz CT molecular complexity index is 414. The molecule has 0 amide bonds. The maximum absolute atomic E-state index is 10.6. The van der Waals surface area contributed by atoms with Crippen LogP contribution in [0.25, 0.3) is 0 Å². The van der Waals surface area contributed by atoms with Crippen LogP contribution in [0.4, 0.5) is 0 Å². The van der Waals surface area contributed by atoms with Gasteiger partial charge >= 0.3 is 5.97 Å². The summed E-state index contributed by atoms with van der Waals surface area (Å²) in [6.07, 6.45) is 1.01. The molecular weight excluding hydrogens is 252 g/mol. The average molecular weight is 276 g/mol. The number of aliphatic carboxylic acids is 1. The van der Waals surface area contributed by atoms with Crippen molar-refractivity contribution in [1.29, 1.82) is 0 Å². The van der Waals surface area contributed by atoms with E-state index in [9.17, 15) is 4.79 Å². The van der Waals surface area contributed by atoms with Crippen LogP contribution in [0.5, 0.6) is 0 Å². The van der Waals surface area contributed by atoms with Gasteiger partial charge < -0.3 is 5.11 Å². The van der Waals surface area contributed by atoms with E-state index in [1.54, 1.807) is 0 Å². The zero-order valence-corrected chi connectivity index (χ0v) is 12.2. The Morgan fingerprint density at radius 2 is 1.85 bits per heavy atom. The molecule has 4 heteroatoms. The summed E-state index contributed by atoms with van der Waals surface area (Å²) >= 11 is 0. The van der Waals surface area contributed by atoms with E-state index in [0.29, 0.717) is 6.04 Å². The third kappa shape index (κ3) is 4.62. The van der Waals surface area contributed by atoms with Gasteiger partial charge in [0, 0.05) is 45.2 Å². The van der Waals surface area contributed by atoms with E-state index in [-0.39, 0.29) is 6.42 Å². The first-order valence-electron chi connectivity index (χ1n) is 7.37. The van der Waals surface area contributed by atoms with Crippen molar-refractivity contribution < 1.29 is 9.90 Å². The molecule has 1 aromatic carbocycles. The van der Waals surface area contributed by atoms with Crippen molar-refractivity contribution in [3.8, 4) is 0 Å². The molecule has 0 bridgehead atoms. The Morgan fingerprint density at radius 3 is 2.45 bits per heavy atom. The van der Waals surface area contributed by atoms with E-state index in [2.05, 4.69) is 41.0 Å². The molecule has 1 aliphatic rings.